The molecule has 2 aliphatic rings. The van der Waals surface area contributed by atoms with Gasteiger partial charge in [0.15, 0.2) is 5.17 Å². The van der Waals surface area contributed by atoms with Gasteiger partial charge < -0.3 is 14.2 Å². The van der Waals surface area contributed by atoms with E-state index >= 15 is 8.78 Å². The second kappa shape index (κ2) is 13.1. The number of aliphatic imine (C=N–C) groups is 1. The normalized spacial score (nSPS) is 23.1. The monoisotopic (exact) mass is 680 g/mol. The summed E-state index contributed by atoms with van der Waals surface area (Å²) in [4.78, 5) is 40.8. The highest BCUT2D eigenvalue weighted by atomic mass is 35.5. The predicted molar refractivity (Wildman–Crippen MR) is 175 cm³/mol. The minimum Gasteiger partial charge on any atom is -0.468 e. The molecule has 1 saturated carbocycles. The molecule has 1 amide bonds. The van der Waals surface area contributed by atoms with E-state index in [1.807, 2.05) is 0 Å². The molecule has 0 N–H and O–H groups in total. The predicted octanol–water partition coefficient (Wildman–Crippen LogP) is 7.54. The fraction of sp³-hybridized carbons (Fsp3) is 0.516. The van der Waals surface area contributed by atoms with Crippen molar-refractivity contribution in [2.24, 2.45) is 10.9 Å². The van der Waals surface area contributed by atoms with Crippen LogP contribution in [0.15, 0.2) is 35.6 Å². The highest BCUT2D eigenvalue weighted by molar-refractivity contribution is 8.15. The van der Waals surface area contributed by atoms with E-state index in [0.29, 0.717) is 18.1 Å². The van der Waals surface area contributed by atoms with Crippen molar-refractivity contribution in [2.45, 2.75) is 75.7 Å². The number of fused-ring (bicyclic) bond motifs is 1. The Bertz CT molecular complexity index is 1510. The summed E-state index contributed by atoms with van der Waals surface area (Å²) in [6.45, 7) is 13.7. The molecule has 1 fully saturated rings. The van der Waals surface area contributed by atoms with Crippen molar-refractivity contribution < 1.29 is 32.6 Å². The van der Waals surface area contributed by atoms with Crippen LogP contribution >= 0.6 is 23.4 Å². The zero-order valence-electron chi connectivity index (χ0n) is 26.7. The summed E-state index contributed by atoms with van der Waals surface area (Å²) < 4.78 is 46.4. The van der Waals surface area contributed by atoms with E-state index in [1.54, 1.807) is 27.7 Å². The van der Waals surface area contributed by atoms with Crippen molar-refractivity contribution in [3.05, 3.63) is 58.4 Å². The number of halogens is 3. The molecule has 3 atom stereocenters. The first kappa shape index (κ1) is 35.0. The number of aromatic nitrogens is 2. The van der Waals surface area contributed by atoms with Crippen LogP contribution in [-0.2, 0) is 24.5 Å². The van der Waals surface area contributed by atoms with Crippen molar-refractivity contribution in [3.8, 4) is 0 Å². The van der Waals surface area contributed by atoms with Crippen LogP contribution in [0.3, 0.4) is 0 Å². The Morgan fingerprint density at radius 3 is 2.53 bits per heavy atom. The molecule has 14 heteroatoms. The molecule has 0 bridgehead atoms. The molecule has 0 unspecified atom stereocenters. The molecule has 9 nitrogen and oxygen atoms in total. The SMILES string of the molecule is COC(=O)[C@]12C[C@H]1[C@@](C)(c1cc(/C=C(/F)c3ccc(Cl)cn3)cnc1F)N=C(N(COCC[Si](C)(C)C)C(=O)OC(C)(C)C)S2. The van der Waals surface area contributed by atoms with Crippen LogP contribution in [0.5, 0.6) is 0 Å². The van der Waals surface area contributed by atoms with E-state index in [2.05, 4.69) is 29.6 Å². The summed E-state index contributed by atoms with van der Waals surface area (Å²) in [6, 6.07) is 5.24. The smallest absolute Gasteiger partial charge is 0.418 e. The molecular formula is C31H39ClF2N4O5SSi. The molecule has 2 aromatic heterocycles. The minimum atomic E-state index is -1.43. The Kier molecular flexibility index (Phi) is 10.2. The maximum Gasteiger partial charge on any atom is 0.418 e. The molecule has 4 rings (SSSR count). The molecule has 1 aliphatic carbocycles. The molecular weight excluding hydrogens is 642 g/mol. The highest BCUT2D eigenvalue weighted by Gasteiger charge is 2.72. The molecule has 45 heavy (non-hydrogen) atoms. The third kappa shape index (κ3) is 8.11. The Morgan fingerprint density at radius 1 is 1.22 bits per heavy atom. The van der Waals surface area contributed by atoms with Crippen LogP contribution in [0, 0.1) is 11.9 Å². The number of hydrogen-bond acceptors (Lipinski definition) is 9. The fourth-order valence-corrected chi connectivity index (χ4v) is 7.40. The number of pyridine rings is 2. The van der Waals surface area contributed by atoms with Crippen molar-refractivity contribution in [1.29, 1.82) is 0 Å². The van der Waals surface area contributed by atoms with Gasteiger partial charge in [0.05, 0.1) is 23.4 Å². The van der Waals surface area contributed by atoms with Crippen LogP contribution in [0.2, 0.25) is 30.7 Å². The van der Waals surface area contributed by atoms with Gasteiger partial charge in [-0.1, -0.05) is 43.0 Å². The minimum absolute atomic E-state index is 0.0329. The molecule has 0 saturated heterocycles. The second-order valence-corrected chi connectivity index (χ2v) is 20.9. The van der Waals surface area contributed by atoms with E-state index in [1.165, 1.54) is 48.7 Å². The highest BCUT2D eigenvalue weighted by Crippen LogP contribution is 2.67. The number of amides is 1. The quantitative estimate of drug-likeness (QED) is 0.0880. The van der Waals surface area contributed by atoms with Crippen molar-refractivity contribution in [2.75, 3.05) is 20.4 Å². The van der Waals surface area contributed by atoms with Gasteiger partial charge in [0.25, 0.3) is 0 Å². The zero-order chi connectivity index (χ0) is 33.4. The lowest BCUT2D eigenvalue weighted by molar-refractivity contribution is -0.141. The summed E-state index contributed by atoms with van der Waals surface area (Å²) >= 11 is 6.95. The lowest BCUT2D eigenvalue weighted by Gasteiger charge is -2.37. The van der Waals surface area contributed by atoms with Gasteiger partial charge in [-0.3, -0.25) is 14.8 Å². The Balaban J connectivity index is 1.78. The number of rotatable bonds is 9. The van der Waals surface area contributed by atoms with E-state index in [4.69, 9.17) is 30.8 Å². The number of carbonyl (C=O) groups excluding carboxylic acids is 2. The Labute approximate surface area is 272 Å². The standard InChI is InChI=1S/C31H39ClF2N4O5SSi/c1-29(2,3)43-28(40)38(18-42-11-12-45(6,7)8)27-37-30(4,24-15-31(24,44-27)26(39)41-5)21-13-19(16-36-25(21)34)14-22(33)23-10-9-20(32)17-35-23/h9-10,13-14,16-17,24H,11-12,15,18H2,1-8H3/b22-14+/t24-,30+,31-/m0/s1. The number of amidine groups is 1. The van der Waals surface area contributed by atoms with Crippen LogP contribution < -0.4 is 0 Å². The number of methoxy groups -OCH3 is 1. The van der Waals surface area contributed by atoms with Crippen LogP contribution in [0.4, 0.5) is 13.6 Å². The van der Waals surface area contributed by atoms with Crippen LogP contribution in [0.25, 0.3) is 11.9 Å². The van der Waals surface area contributed by atoms with Gasteiger partial charge in [0, 0.05) is 38.6 Å². The van der Waals surface area contributed by atoms with Crippen molar-refractivity contribution >= 4 is 60.6 Å². The van der Waals surface area contributed by atoms with E-state index in [0.717, 1.165) is 17.8 Å². The fourth-order valence-electron chi connectivity index (χ4n) is 4.95. The number of ether oxygens (including phenoxy) is 3. The summed E-state index contributed by atoms with van der Waals surface area (Å²) in [6.07, 6.45) is 3.27. The lowest BCUT2D eigenvalue weighted by Crippen LogP contribution is -2.47. The van der Waals surface area contributed by atoms with E-state index in [-0.39, 0.29) is 28.7 Å². The number of carbonyl (C=O) groups is 2. The summed E-state index contributed by atoms with van der Waals surface area (Å²) in [5.74, 6) is -2.54. The average Bonchev–Trinajstić information content (AvgIpc) is 3.69. The Hall–Kier alpha value is -2.87. The topological polar surface area (TPSA) is 103 Å². The van der Waals surface area contributed by atoms with Gasteiger partial charge in [-0.15, -0.1) is 0 Å². The summed E-state index contributed by atoms with van der Waals surface area (Å²) in [5.41, 5.74) is -1.90. The first-order valence-electron chi connectivity index (χ1n) is 14.5. The second-order valence-electron chi connectivity index (χ2n) is 13.5. The molecule has 0 spiro atoms. The van der Waals surface area contributed by atoms with Crippen LogP contribution in [-0.4, -0.2) is 71.0 Å². The van der Waals surface area contributed by atoms with Gasteiger partial charge in [-0.25, -0.2) is 19.1 Å². The molecule has 244 valence electrons. The van der Waals surface area contributed by atoms with Gasteiger partial charge in [0.2, 0.25) is 5.95 Å². The summed E-state index contributed by atoms with van der Waals surface area (Å²) in [7, 11) is -0.152. The lowest BCUT2D eigenvalue weighted by atomic mass is 9.86. The number of esters is 1. The molecule has 0 radical (unpaired) electrons. The van der Waals surface area contributed by atoms with Gasteiger partial charge in [-0.2, -0.15) is 4.39 Å². The number of thioether (sulfide) groups is 1. The number of nitrogens with zero attached hydrogens (tertiary/aromatic N) is 4. The molecule has 3 heterocycles. The molecule has 2 aromatic rings. The maximum atomic E-state index is 15.6. The third-order valence-electron chi connectivity index (χ3n) is 7.45. The Morgan fingerprint density at radius 2 is 1.93 bits per heavy atom. The zero-order valence-corrected chi connectivity index (χ0v) is 29.3. The molecule has 0 aromatic carbocycles. The van der Waals surface area contributed by atoms with E-state index < -0.39 is 53.7 Å². The van der Waals surface area contributed by atoms with E-state index in [9.17, 15) is 9.59 Å². The number of hydrogen-bond donors (Lipinski definition) is 0. The van der Waals surface area contributed by atoms with Gasteiger partial charge in [0.1, 0.15) is 22.9 Å². The first-order valence-corrected chi connectivity index (χ1v) is 19.4. The third-order valence-corrected chi connectivity index (χ3v) is 10.9. The average molecular weight is 681 g/mol. The van der Waals surface area contributed by atoms with Gasteiger partial charge >= 0.3 is 12.1 Å². The van der Waals surface area contributed by atoms with Gasteiger partial charge in [-0.05, 0) is 70.0 Å². The van der Waals surface area contributed by atoms with Crippen molar-refractivity contribution in [1.82, 2.24) is 14.9 Å². The van der Waals surface area contributed by atoms with Crippen LogP contribution in [0.1, 0.15) is 50.9 Å². The summed E-state index contributed by atoms with van der Waals surface area (Å²) in [5, 5.41) is 0.477. The largest absolute Gasteiger partial charge is 0.468 e. The maximum absolute atomic E-state index is 15.6. The van der Waals surface area contributed by atoms with Crippen molar-refractivity contribution in [3.63, 3.8) is 0 Å². The first-order chi connectivity index (χ1) is 20.9. The molecule has 1 aliphatic heterocycles.